The van der Waals surface area contributed by atoms with Crippen molar-refractivity contribution >= 4 is 51.5 Å². The number of aromatic amines is 1. The molecular formula is C24H29N5O3S. The first kappa shape index (κ1) is 23.0. The zero-order valence-electron chi connectivity index (χ0n) is 19.2. The van der Waals surface area contributed by atoms with Crippen molar-refractivity contribution in [2.24, 2.45) is 5.92 Å². The van der Waals surface area contributed by atoms with Crippen LogP contribution in [0.3, 0.4) is 0 Å². The topological polar surface area (TPSA) is 107 Å². The number of aryl methyl sites for hydroxylation is 1. The molecule has 0 aliphatic heterocycles. The molecule has 0 spiro atoms. The van der Waals surface area contributed by atoms with Crippen LogP contribution >= 0.6 is 11.3 Å². The second-order valence-electron chi connectivity index (χ2n) is 8.39. The molecule has 9 heteroatoms. The molecule has 4 rings (SSSR count). The summed E-state index contributed by atoms with van der Waals surface area (Å²) < 4.78 is 0. The summed E-state index contributed by atoms with van der Waals surface area (Å²) >= 11 is 1.29. The highest BCUT2D eigenvalue weighted by Gasteiger charge is 2.26. The Balaban J connectivity index is 1.67. The van der Waals surface area contributed by atoms with E-state index in [1.54, 1.807) is 11.9 Å². The largest absolute Gasteiger partial charge is 0.352 e. The number of hydrogen-bond donors (Lipinski definition) is 3. The Kier molecular flexibility index (Phi) is 6.78. The van der Waals surface area contributed by atoms with Crippen LogP contribution in [0.2, 0.25) is 0 Å². The Morgan fingerprint density at radius 1 is 1.18 bits per heavy atom. The highest BCUT2D eigenvalue weighted by molar-refractivity contribution is 7.13. The molecular weight excluding hydrogens is 438 g/mol. The maximum atomic E-state index is 13.0. The molecule has 3 aromatic rings. The normalized spacial score (nSPS) is 14.3. The summed E-state index contributed by atoms with van der Waals surface area (Å²) in [4.78, 5) is 48.0. The molecule has 0 saturated heterocycles. The van der Waals surface area contributed by atoms with Gasteiger partial charge in [-0.3, -0.25) is 14.4 Å². The number of aromatic nitrogens is 2. The van der Waals surface area contributed by atoms with Gasteiger partial charge in [-0.25, -0.2) is 4.98 Å². The van der Waals surface area contributed by atoms with Gasteiger partial charge in [-0.15, -0.1) is 11.3 Å². The number of nitrogens with zero attached hydrogens (tertiary/aromatic N) is 2. The summed E-state index contributed by atoms with van der Waals surface area (Å²) in [5.41, 5.74) is 1.79. The fraction of sp³-hybridized carbons (Fsp3) is 0.417. The van der Waals surface area contributed by atoms with E-state index >= 15 is 0 Å². The van der Waals surface area contributed by atoms with Crippen molar-refractivity contribution in [2.45, 2.75) is 46.0 Å². The quantitative estimate of drug-likeness (QED) is 0.497. The highest BCUT2D eigenvalue weighted by atomic mass is 32.1. The molecule has 0 atom stereocenters. The third-order valence-corrected chi connectivity index (χ3v) is 7.01. The van der Waals surface area contributed by atoms with Gasteiger partial charge in [0.1, 0.15) is 10.7 Å². The van der Waals surface area contributed by atoms with E-state index < -0.39 is 0 Å². The minimum absolute atomic E-state index is 0.0618. The summed E-state index contributed by atoms with van der Waals surface area (Å²) in [5, 5.41) is 7.11. The van der Waals surface area contributed by atoms with Crippen LogP contribution in [-0.4, -0.2) is 41.3 Å². The summed E-state index contributed by atoms with van der Waals surface area (Å²) in [6, 6.07) is 5.52. The van der Waals surface area contributed by atoms with Gasteiger partial charge in [-0.1, -0.05) is 19.3 Å². The lowest BCUT2D eigenvalue weighted by Gasteiger charge is -2.26. The number of amides is 3. The molecule has 0 radical (unpaired) electrons. The molecule has 3 N–H and O–H groups in total. The average molecular weight is 468 g/mol. The first-order valence-corrected chi connectivity index (χ1v) is 12.2. The first-order chi connectivity index (χ1) is 15.9. The second kappa shape index (κ2) is 9.74. The van der Waals surface area contributed by atoms with Crippen LogP contribution in [0, 0.1) is 12.8 Å². The number of benzene rings is 1. The zero-order valence-corrected chi connectivity index (χ0v) is 20.0. The lowest BCUT2D eigenvalue weighted by Crippen LogP contribution is -2.33. The van der Waals surface area contributed by atoms with Gasteiger partial charge in [0.15, 0.2) is 0 Å². The van der Waals surface area contributed by atoms with Crippen LogP contribution in [0.4, 0.5) is 11.5 Å². The molecule has 8 nitrogen and oxygen atoms in total. The summed E-state index contributed by atoms with van der Waals surface area (Å²) in [6.45, 7) is 4.13. The number of hydrogen-bond acceptors (Lipinski definition) is 5. The lowest BCUT2D eigenvalue weighted by atomic mass is 9.88. The summed E-state index contributed by atoms with van der Waals surface area (Å²) in [5.74, 6) is -0.0998. The number of anilines is 2. The minimum atomic E-state index is -0.331. The highest BCUT2D eigenvalue weighted by Crippen LogP contribution is 2.32. The van der Waals surface area contributed by atoms with Gasteiger partial charge in [0.25, 0.3) is 11.8 Å². The van der Waals surface area contributed by atoms with Gasteiger partial charge in [0.05, 0.1) is 16.8 Å². The van der Waals surface area contributed by atoms with Crippen molar-refractivity contribution < 1.29 is 14.4 Å². The monoisotopic (exact) mass is 467 g/mol. The van der Waals surface area contributed by atoms with Crippen LogP contribution in [0.25, 0.3) is 10.9 Å². The van der Waals surface area contributed by atoms with Gasteiger partial charge in [0, 0.05) is 36.1 Å². The molecule has 1 aromatic carbocycles. The van der Waals surface area contributed by atoms with E-state index in [1.807, 2.05) is 32.0 Å². The fourth-order valence-electron chi connectivity index (χ4n) is 4.36. The van der Waals surface area contributed by atoms with Gasteiger partial charge in [0.2, 0.25) is 5.91 Å². The van der Waals surface area contributed by atoms with Crippen molar-refractivity contribution in [3.05, 3.63) is 39.8 Å². The zero-order chi connectivity index (χ0) is 23.5. The molecule has 2 aromatic heterocycles. The lowest BCUT2D eigenvalue weighted by molar-refractivity contribution is -0.123. The fourth-order valence-corrected chi connectivity index (χ4v) is 5.04. The van der Waals surface area contributed by atoms with Crippen LogP contribution in [0.1, 0.15) is 64.1 Å². The van der Waals surface area contributed by atoms with Crippen molar-refractivity contribution in [3.63, 3.8) is 0 Å². The van der Waals surface area contributed by atoms with Crippen LogP contribution < -0.4 is 15.5 Å². The van der Waals surface area contributed by atoms with E-state index in [0.717, 1.165) is 36.4 Å². The Labute approximate surface area is 196 Å². The maximum Gasteiger partial charge on any atom is 0.268 e. The van der Waals surface area contributed by atoms with E-state index in [9.17, 15) is 14.4 Å². The Bertz CT molecular complexity index is 1190. The molecule has 0 bridgehead atoms. The van der Waals surface area contributed by atoms with Gasteiger partial charge in [-0.2, -0.15) is 0 Å². The number of carbonyl (C=O) groups excluding carboxylic acids is 3. The Morgan fingerprint density at radius 2 is 1.94 bits per heavy atom. The molecule has 2 heterocycles. The molecule has 1 fully saturated rings. The average Bonchev–Trinajstić information content (AvgIpc) is 3.41. The predicted octanol–water partition coefficient (Wildman–Crippen LogP) is 4.48. The predicted molar refractivity (Wildman–Crippen MR) is 131 cm³/mol. The van der Waals surface area contributed by atoms with Crippen molar-refractivity contribution in [2.75, 3.05) is 23.8 Å². The minimum Gasteiger partial charge on any atom is -0.352 e. The van der Waals surface area contributed by atoms with Gasteiger partial charge >= 0.3 is 0 Å². The van der Waals surface area contributed by atoms with Gasteiger partial charge < -0.3 is 20.5 Å². The third-order valence-electron chi connectivity index (χ3n) is 6.10. The number of carbonyl (C=O) groups is 3. The summed E-state index contributed by atoms with van der Waals surface area (Å²) in [6.07, 6.45) is 6.77. The Hall–Kier alpha value is -3.20. The number of nitrogens with one attached hydrogen (secondary N) is 3. The molecule has 174 valence electrons. The van der Waals surface area contributed by atoms with Crippen molar-refractivity contribution in [1.29, 1.82) is 0 Å². The van der Waals surface area contributed by atoms with Crippen molar-refractivity contribution in [1.82, 2.24) is 15.3 Å². The first-order valence-electron chi connectivity index (χ1n) is 11.3. The van der Waals surface area contributed by atoms with E-state index in [1.165, 1.54) is 24.0 Å². The van der Waals surface area contributed by atoms with Crippen LogP contribution in [0.5, 0.6) is 0 Å². The molecule has 0 unspecified atom stereocenters. The molecule has 1 aliphatic carbocycles. The standard InChI is InChI=1S/C24H29N5O3S/c1-4-25-23(31)20-17-11-10-16(29(3)24(32)15-8-6-5-7-9-15)12-18(17)27-21(20)28-22(30)19-13-26-14(2)33-19/h10-13,15,27H,4-9H2,1-3H3,(H,25,31)(H,28,30). The Morgan fingerprint density at radius 3 is 2.61 bits per heavy atom. The SMILES string of the molecule is CCNC(=O)c1c(NC(=O)c2cnc(C)s2)[nH]c2cc(N(C)C(=O)C3CCCCC3)ccc12. The van der Waals surface area contributed by atoms with E-state index in [-0.39, 0.29) is 23.6 Å². The summed E-state index contributed by atoms with van der Waals surface area (Å²) in [7, 11) is 1.79. The third kappa shape index (κ3) is 4.78. The number of H-pyrrole nitrogens is 1. The number of rotatable bonds is 6. The smallest absolute Gasteiger partial charge is 0.268 e. The van der Waals surface area contributed by atoms with E-state index in [2.05, 4.69) is 20.6 Å². The second-order valence-corrected chi connectivity index (χ2v) is 9.63. The molecule has 1 saturated carbocycles. The number of fused-ring (bicyclic) bond motifs is 1. The van der Waals surface area contributed by atoms with Crippen LogP contribution in [0.15, 0.2) is 24.4 Å². The van der Waals surface area contributed by atoms with E-state index in [4.69, 9.17) is 0 Å². The molecule has 3 amide bonds. The van der Waals surface area contributed by atoms with Crippen LogP contribution in [-0.2, 0) is 4.79 Å². The van der Waals surface area contributed by atoms with Crippen molar-refractivity contribution in [3.8, 4) is 0 Å². The number of thiazole rings is 1. The van der Waals surface area contributed by atoms with Gasteiger partial charge in [-0.05, 0) is 44.9 Å². The molecule has 33 heavy (non-hydrogen) atoms. The van der Waals surface area contributed by atoms with E-state index in [0.29, 0.717) is 33.7 Å². The maximum absolute atomic E-state index is 13.0. The molecule has 1 aliphatic rings.